The molecule has 0 bridgehead atoms. The molecule has 1 saturated heterocycles. The summed E-state index contributed by atoms with van der Waals surface area (Å²) in [6.07, 6.45) is 12.2. The van der Waals surface area contributed by atoms with Gasteiger partial charge in [0.1, 0.15) is 6.10 Å². The molecular formula is C29H40O2. The van der Waals surface area contributed by atoms with E-state index < -0.39 is 0 Å². The summed E-state index contributed by atoms with van der Waals surface area (Å²) in [5.41, 5.74) is 5.33. The predicted molar refractivity (Wildman–Crippen MR) is 129 cm³/mol. The highest BCUT2D eigenvalue weighted by Crippen LogP contribution is 2.38. The molecule has 0 spiro atoms. The zero-order valence-electron chi connectivity index (χ0n) is 19.5. The van der Waals surface area contributed by atoms with Gasteiger partial charge in [-0.1, -0.05) is 88.1 Å². The zero-order chi connectivity index (χ0) is 21.5. The van der Waals surface area contributed by atoms with E-state index in [1.165, 1.54) is 73.6 Å². The van der Waals surface area contributed by atoms with Crippen LogP contribution in [0.25, 0.3) is 11.1 Å². The van der Waals surface area contributed by atoms with Crippen molar-refractivity contribution in [1.82, 2.24) is 0 Å². The van der Waals surface area contributed by atoms with E-state index in [4.69, 9.17) is 9.47 Å². The monoisotopic (exact) mass is 420 g/mol. The third-order valence-electron chi connectivity index (χ3n) is 7.39. The van der Waals surface area contributed by atoms with E-state index in [2.05, 4.69) is 62.4 Å². The quantitative estimate of drug-likeness (QED) is 0.430. The van der Waals surface area contributed by atoms with E-state index in [1.807, 2.05) is 0 Å². The van der Waals surface area contributed by atoms with Gasteiger partial charge in [0.2, 0.25) is 0 Å². The van der Waals surface area contributed by atoms with Crippen LogP contribution in [0.3, 0.4) is 0 Å². The largest absolute Gasteiger partial charge is 0.373 e. The summed E-state index contributed by atoms with van der Waals surface area (Å²) >= 11 is 0. The summed E-state index contributed by atoms with van der Waals surface area (Å²) in [6.45, 7) is 5.93. The average Bonchev–Trinajstić information content (AvgIpc) is 2.84. The smallest absolute Gasteiger partial charge is 0.106 e. The van der Waals surface area contributed by atoms with Crippen LogP contribution in [0.5, 0.6) is 0 Å². The first kappa shape index (κ1) is 22.6. The maximum Gasteiger partial charge on any atom is 0.106 e. The van der Waals surface area contributed by atoms with E-state index >= 15 is 0 Å². The number of hydrogen-bond donors (Lipinski definition) is 0. The first-order valence-electron chi connectivity index (χ1n) is 12.7. The second kappa shape index (κ2) is 11.3. The summed E-state index contributed by atoms with van der Waals surface area (Å²) in [5, 5.41) is 0. The van der Waals surface area contributed by atoms with E-state index in [0.29, 0.717) is 13.2 Å². The molecule has 1 heterocycles. The molecule has 1 saturated carbocycles. The second-order valence-corrected chi connectivity index (χ2v) is 9.67. The normalized spacial score (nSPS) is 26.6. The van der Waals surface area contributed by atoms with Crippen molar-refractivity contribution < 1.29 is 9.47 Å². The molecule has 2 atom stereocenters. The summed E-state index contributed by atoms with van der Waals surface area (Å²) in [5.74, 6) is 1.73. The minimum absolute atomic E-state index is 0.0668. The van der Waals surface area contributed by atoms with Crippen molar-refractivity contribution in [2.45, 2.75) is 89.8 Å². The summed E-state index contributed by atoms with van der Waals surface area (Å²) < 4.78 is 12.1. The molecule has 2 aromatic carbocycles. The number of unbranched alkanes of at least 4 members (excludes halogenated alkanes) is 1. The van der Waals surface area contributed by atoms with Gasteiger partial charge in [0.15, 0.2) is 0 Å². The molecule has 0 aromatic heterocycles. The first-order chi connectivity index (χ1) is 15.3. The Kier molecular flexibility index (Phi) is 8.21. The molecule has 2 nitrogen and oxygen atoms in total. The molecule has 0 unspecified atom stereocenters. The fourth-order valence-corrected chi connectivity index (χ4v) is 5.36. The van der Waals surface area contributed by atoms with Gasteiger partial charge in [0.05, 0.1) is 19.3 Å². The maximum absolute atomic E-state index is 6.10. The Morgan fingerprint density at radius 1 is 0.677 bits per heavy atom. The molecule has 31 heavy (non-hydrogen) atoms. The van der Waals surface area contributed by atoms with Gasteiger partial charge < -0.3 is 9.47 Å². The van der Waals surface area contributed by atoms with Gasteiger partial charge in [0.25, 0.3) is 0 Å². The summed E-state index contributed by atoms with van der Waals surface area (Å²) in [4.78, 5) is 0. The second-order valence-electron chi connectivity index (χ2n) is 9.67. The van der Waals surface area contributed by atoms with Crippen LogP contribution in [-0.4, -0.2) is 19.3 Å². The minimum atomic E-state index is 0.0668. The zero-order valence-corrected chi connectivity index (χ0v) is 19.5. The molecule has 2 fully saturated rings. The van der Waals surface area contributed by atoms with Crippen LogP contribution in [0.4, 0.5) is 0 Å². The molecule has 0 N–H and O–H groups in total. The first-order valence-corrected chi connectivity index (χ1v) is 12.7. The minimum Gasteiger partial charge on any atom is -0.373 e. The van der Waals surface area contributed by atoms with Gasteiger partial charge in [-0.05, 0) is 66.2 Å². The fraction of sp³-hybridized carbons (Fsp3) is 0.586. The van der Waals surface area contributed by atoms with E-state index in [0.717, 1.165) is 18.3 Å². The third-order valence-corrected chi connectivity index (χ3v) is 7.39. The van der Waals surface area contributed by atoms with Crippen LogP contribution < -0.4 is 0 Å². The lowest BCUT2D eigenvalue weighted by Crippen LogP contribution is -2.31. The molecule has 1 aliphatic carbocycles. The van der Waals surface area contributed by atoms with Crippen molar-refractivity contribution >= 4 is 0 Å². The van der Waals surface area contributed by atoms with Crippen molar-refractivity contribution in [2.75, 3.05) is 13.2 Å². The lowest BCUT2D eigenvalue weighted by molar-refractivity contribution is -0.137. The highest BCUT2D eigenvalue weighted by Gasteiger charge is 2.23. The molecule has 0 amide bonds. The Hall–Kier alpha value is -1.64. The molecule has 4 rings (SSSR count). The van der Waals surface area contributed by atoms with Crippen LogP contribution in [0.1, 0.15) is 94.8 Å². The van der Waals surface area contributed by atoms with Crippen LogP contribution >= 0.6 is 0 Å². The predicted octanol–water partition coefficient (Wildman–Crippen LogP) is 8.07. The van der Waals surface area contributed by atoms with Gasteiger partial charge in [-0.25, -0.2) is 0 Å². The highest BCUT2D eigenvalue weighted by molar-refractivity contribution is 5.64. The van der Waals surface area contributed by atoms with Crippen LogP contribution in [0, 0.1) is 5.92 Å². The molecule has 1 aliphatic heterocycles. The average molecular weight is 421 g/mol. The third kappa shape index (κ3) is 5.99. The SMILES string of the molecule is CCCC[C@H]1CO[C@H](c2ccc(-c3ccc(C4CCC(CCC)CC4)cc3)cc2)CO1. The molecular weight excluding hydrogens is 380 g/mol. The van der Waals surface area contributed by atoms with Gasteiger partial charge in [-0.3, -0.25) is 0 Å². The molecule has 168 valence electrons. The van der Waals surface area contributed by atoms with Crippen LogP contribution in [0.2, 0.25) is 0 Å². The Morgan fingerprint density at radius 3 is 1.87 bits per heavy atom. The molecule has 2 aromatic rings. The maximum atomic E-state index is 6.10. The Labute approximate surface area is 189 Å². The molecule has 0 radical (unpaired) electrons. The number of benzene rings is 2. The lowest BCUT2D eigenvalue weighted by Gasteiger charge is -2.30. The van der Waals surface area contributed by atoms with Gasteiger partial charge in [0, 0.05) is 0 Å². The van der Waals surface area contributed by atoms with Gasteiger partial charge in [-0.2, -0.15) is 0 Å². The fourth-order valence-electron chi connectivity index (χ4n) is 5.36. The molecule has 2 aliphatic rings. The molecule has 2 heteroatoms. The van der Waals surface area contributed by atoms with Crippen molar-refractivity contribution in [3.05, 3.63) is 59.7 Å². The Morgan fingerprint density at radius 2 is 1.32 bits per heavy atom. The van der Waals surface area contributed by atoms with E-state index in [1.54, 1.807) is 0 Å². The van der Waals surface area contributed by atoms with Crippen molar-refractivity contribution in [3.63, 3.8) is 0 Å². The standard InChI is InChI=1S/C29H40O2/c1-3-5-7-28-20-31-29(21-30-28)27-18-16-26(17-19-27)25-14-12-24(13-15-25)23-10-8-22(6-4-2)9-11-23/h12-19,22-23,28-29H,3-11,20-21H2,1-2H3/t22?,23?,28-,29-/m0/s1. The van der Waals surface area contributed by atoms with Crippen molar-refractivity contribution in [3.8, 4) is 11.1 Å². The Bertz CT molecular complexity index is 763. The summed E-state index contributed by atoms with van der Waals surface area (Å²) in [6, 6.07) is 18.2. The van der Waals surface area contributed by atoms with Gasteiger partial charge >= 0.3 is 0 Å². The van der Waals surface area contributed by atoms with E-state index in [-0.39, 0.29) is 12.2 Å². The Balaban J connectivity index is 1.31. The number of ether oxygens (including phenoxy) is 2. The van der Waals surface area contributed by atoms with Crippen LogP contribution in [0.15, 0.2) is 48.5 Å². The van der Waals surface area contributed by atoms with E-state index in [9.17, 15) is 0 Å². The van der Waals surface area contributed by atoms with Crippen molar-refractivity contribution in [2.24, 2.45) is 5.92 Å². The van der Waals surface area contributed by atoms with Crippen LogP contribution in [-0.2, 0) is 9.47 Å². The van der Waals surface area contributed by atoms with Crippen molar-refractivity contribution in [1.29, 1.82) is 0 Å². The van der Waals surface area contributed by atoms with Gasteiger partial charge in [-0.15, -0.1) is 0 Å². The lowest BCUT2D eigenvalue weighted by atomic mass is 9.77. The number of rotatable bonds is 8. The number of hydrogen-bond acceptors (Lipinski definition) is 2. The highest BCUT2D eigenvalue weighted by atomic mass is 16.6. The summed E-state index contributed by atoms with van der Waals surface area (Å²) in [7, 11) is 0. The topological polar surface area (TPSA) is 18.5 Å².